The molecule has 1 heterocycles. The molecule has 1 amide bonds. The minimum Gasteiger partial charge on any atom is -0.426 e. The number of thiazole rings is 1. The molecule has 0 spiro atoms. The summed E-state index contributed by atoms with van der Waals surface area (Å²) in [7, 11) is -1.79. The second-order valence-electron chi connectivity index (χ2n) is 6.64. The predicted octanol–water partition coefficient (Wildman–Crippen LogP) is 2.16. The van der Waals surface area contributed by atoms with Gasteiger partial charge in [-0.15, -0.1) is 11.3 Å². The molecule has 0 aliphatic carbocycles. The number of ether oxygens (including phenoxy) is 1. The van der Waals surface area contributed by atoms with Crippen molar-refractivity contribution >= 4 is 67.4 Å². The summed E-state index contributed by atoms with van der Waals surface area (Å²) in [5, 5.41) is 4.08. The number of hydrogen-bond acceptors (Lipinski definition) is 7. The van der Waals surface area contributed by atoms with E-state index in [2.05, 4.69) is 26.2 Å². The van der Waals surface area contributed by atoms with Crippen LogP contribution < -0.4 is 15.5 Å². The Morgan fingerprint density at radius 1 is 1.36 bits per heavy atom. The van der Waals surface area contributed by atoms with E-state index in [9.17, 15) is 18.0 Å². The molecule has 150 valence electrons. The topological polar surface area (TPSA) is 102 Å². The molecule has 2 aromatic rings. The van der Waals surface area contributed by atoms with E-state index in [0.29, 0.717) is 16.4 Å². The van der Waals surface area contributed by atoms with Crippen molar-refractivity contribution in [3.05, 3.63) is 27.5 Å². The van der Waals surface area contributed by atoms with Crippen molar-refractivity contribution < 1.29 is 22.7 Å². The Hall–Kier alpha value is -1.72. The monoisotopic (exact) mass is 486 g/mol. The molecule has 2 rings (SSSR count). The van der Waals surface area contributed by atoms with Crippen LogP contribution in [-0.4, -0.2) is 38.9 Å². The minimum absolute atomic E-state index is 0.00319. The number of hydrogen-bond donors (Lipinski definition) is 1. The molecule has 1 aromatic carbocycles. The average Bonchev–Trinajstić information content (AvgIpc) is 3.04. The number of amides is 1. The van der Waals surface area contributed by atoms with Gasteiger partial charge in [0.1, 0.15) is 13.6 Å². The van der Waals surface area contributed by atoms with Crippen LogP contribution in [0, 0.1) is 5.92 Å². The first-order valence-electron chi connectivity index (χ1n) is 8.47. The van der Waals surface area contributed by atoms with Gasteiger partial charge in [0.2, 0.25) is 0 Å². The quantitative estimate of drug-likeness (QED) is 0.365. The molecule has 0 fully saturated rings. The van der Waals surface area contributed by atoms with Crippen molar-refractivity contribution in [3.63, 3.8) is 0 Å². The number of anilines is 1. The number of benzene rings is 1. The number of sulfone groups is 1. The van der Waals surface area contributed by atoms with Gasteiger partial charge in [-0.3, -0.25) is 14.9 Å². The summed E-state index contributed by atoms with van der Waals surface area (Å²) in [5.41, 5.74) is 0.743. The minimum atomic E-state index is -3.50. The van der Waals surface area contributed by atoms with Crippen molar-refractivity contribution in [1.29, 1.82) is 0 Å². The summed E-state index contributed by atoms with van der Waals surface area (Å²) in [5.74, 6) is -0.696. The highest BCUT2D eigenvalue weighted by Crippen LogP contribution is 2.25. The molecular weight excluding hydrogens is 467 g/mol. The molecule has 0 aliphatic heterocycles. The van der Waals surface area contributed by atoms with E-state index in [4.69, 9.17) is 4.74 Å². The van der Waals surface area contributed by atoms with E-state index in [0.717, 1.165) is 11.3 Å². The fourth-order valence-corrected chi connectivity index (χ4v) is 5.45. The molecule has 0 saturated carbocycles. The van der Waals surface area contributed by atoms with Gasteiger partial charge in [-0.05, 0) is 23.9 Å². The molecule has 0 unspecified atom stereocenters. The lowest BCUT2D eigenvalue weighted by atomic mass is 9.92. The summed E-state index contributed by atoms with van der Waals surface area (Å²) in [6.45, 7) is 5.14. The highest BCUT2D eigenvalue weighted by molar-refractivity contribution is 9.10. The third kappa shape index (κ3) is 5.89. The molecule has 0 bridgehead atoms. The fraction of sp³-hybridized carbons (Fsp3) is 0.353. The number of nitrogens with zero attached hydrogens (tertiary/aromatic N) is 1. The SMILES string of the molecule is Bc1cc(Br)cc(C(=O)Nc2nc(S(=O)(=O)CCC(C)C)cs2)c1OC(C)=O. The number of aromatic nitrogens is 1. The Balaban J connectivity index is 2.25. The number of carbonyl (C=O) groups excluding carboxylic acids is 2. The summed E-state index contributed by atoms with van der Waals surface area (Å²) in [4.78, 5) is 28.1. The van der Waals surface area contributed by atoms with Crippen molar-refractivity contribution in [3.8, 4) is 5.75 Å². The Morgan fingerprint density at radius 2 is 2.04 bits per heavy atom. The van der Waals surface area contributed by atoms with Gasteiger partial charge in [-0.2, -0.15) is 0 Å². The van der Waals surface area contributed by atoms with Crippen LogP contribution in [0.2, 0.25) is 0 Å². The van der Waals surface area contributed by atoms with Gasteiger partial charge in [-0.1, -0.05) is 35.8 Å². The molecule has 0 atom stereocenters. The molecular formula is C17H20BBrN2O5S2. The van der Waals surface area contributed by atoms with Crippen LogP contribution in [0.5, 0.6) is 5.75 Å². The van der Waals surface area contributed by atoms with Gasteiger partial charge in [0.05, 0.1) is 11.3 Å². The highest BCUT2D eigenvalue weighted by atomic mass is 79.9. The second-order valence-corrected chi connectivity index (χ2v) is 10.5. The lowest BCUT2D eigenvalue weighted by Gasteiger charge is -2.12. The highest BCUT2D eigenvalue weighted by Gasteiger charge is 2.22. The van der Waals surface area contributed by atoms with Gasteiger partial charge >= 0.3 is 5.97 Å². The number of rotatable bonds is 7. The summed E-state index contributed by atoms with van der Waals surface area (Å²) in [6, 6.07) is 3.24. The summed E-state index contributed by atoms with van der Waals surface area (Å²) < 4.78 is 30.5. The third-order valence-electron chi connectivity index (χ3n) is 3.72. The molecule has 0 radical (unpaired) electrons. The van der Waals surface area contributed by atoms with Gasteiger partial charge in [-0.25, -0.2) is 13.4 Å². The molecule has 11 heteroatoms. The molecule has 7 nitrogen and oxygen atoms in total. The average molecular weight is 487 g/mol. The molecule has 1 N–H and O–H groups in total. The maximum absolute atomic E-state index is 12.7. The zero-order chi connectivity index (χ0) is 21.1. The van der Waals surface area contributed by atoms with Crippen molar-refractivity contribution in [2.75, 3.05) is 11.1 Å². The van der Waals surface area contributed by atoms with Gasteiger partial charge < -0.3 is 4.74 Å². The molecule has 28 heavy (non-hydrogen) atoms. The van der Waals surface area contributed by atoms with Crippen LogP contribution in [0.1, 0.15) is 37.6 Å². The molecule has 1 aromatic heterocycles. The largest absolute Gasteiger partial charge is 0.426 e. The van der Waals surface area contributed by atoms with E-state index < -0.39 is 21.7 Å². The van der Waals surface area contributed by atoms with Gasteiger partial charge in [0, 0.05) is 16.8 Å². The van der Waals surface area contributed by atoms with Crippen LogP contribution in [0.4, 0.5) is 5.13 Å². The molecule has 0 aliphatic rings. The van der Waals surface area contributed by atoms with E-state index in [1.807, 2.05) is 13.8 Å². The predicted molar refractivity (Wildman–Crippen MR) is 115 cm³/mol. The maximum Gasteiger partial charge on any atom is 0.308 e. The van der Waals surface area contributed by atoms with E-state index in [-0.39, 0.29) is 33.1 Å². The number of carbonyl (C=O) groups is 2. The van der Waals surface area contributed by atoms with Crippen molar-refractivity contribution in [2.45, 2.75) is 32.2 Å². The van der Waals surface area contributed by atoms with Crippen molar-refractivity contribution in [1.82, 2.24) is 4.98 Å². The summed E-state index contributed by atoms with van der Waals surface area (Å²) in [6.07, 6.45) is 0.532. The second kappa shape index (κ2) is 9.19. The Morgan fingerprint density at radius 3 is 2.64 bits per heavy atom. The summed E-state index contributed by atoms with van der Waals surface area (Å²) >= 11 is 4.33. The number of nitrogens with one attached hydrogen (secondary N) is 1. The van der Waals surface area contributed by atoms with Crippen LogP contribution in [0.15, 0.2) is 27.0 Å². The van der Waals surface area contributed by atoms with Crippen LogP contribution in [0.25, 0.3) is 0 Å². The fourth-order valence-electron chi connectivity index (χ4n) is 2.30. The van der Waals surface area contributed by atoms with Gasteiger partial charge in [0.15, 0.2) is 20.0 Å². The zero-order valence-corrected chi connectivity index (χ0v) is 19.1. The first-order valence-corrected chi connectivity index (χ1v) is 11.8. The lowest BCUT2D eigenvalue weighted by Crippen LogP contribution is -2.21. The Bertz CT molecular complexity index is 1000. The first kappa shape index (κ1) is 22.6. The van der Waals surface area contributed by atoms with E-state index >= 15 is 0 Å². The van der Waals surface area contributed by atoms with Crippen molar-refractivity contribution in [2.24, 2.45) is 5.92 Å². The zero-order valence-electron chi connectivity index (χ0n) is 15.9. The Labute approximate surface area is 177 Å². The smallest absolute Gasteiger partial charge is 0.308 e. The molecule has 0 saturated heterocycles. The normalized spacial score (nSPS) is 11.5. The lowest BCUT2D eigenvalue weighted by molar-refractivity contribution is -0.131. The number of halogens is 1. The third-order valence-corrected chi connectivity index (χ3v) is 6.70. The standard InChI is InChI=1S/C17H20BBrN2O5S2/c1-9(2)4-5-28(24,25)14-8-27-17(20-14)21-16(23)12-6-11(19)7-13(18)15(12)26-10(3)22/h6-9H,4-5,18H2,1-3H3,(H,20,21,23). The van der Waals surface area contributed by atoms with Crippen LogP contribution in [-0.2, 0) is 14.6 Å². The van der Waals surface area contributed by atoms with Gasteiger partial charge in [0.25, 0.3) is 5.91 Å². The maximum atomic E-state index is 12.7. The van der Waals surface area contributed by atoms with E-state index in [1.54, 1.807) is 13.9 Å². The first-order chi connectivity index (χ1) is 13.0. The van der Waals surface area contributed by atoms with Crippen LogP contribution in [0.3, 0.4) is 0 Å². The Kier molecular flexibility index (Phi) is 7.41. The van der Waals surface area contributed by atoms with E-state index in [1.165, 1.54) is 18.4 Å². The number of esters is 1. The van der Waals surface area contributed by atoms with Crippen LogP contribution >= 0.6 is 27.3 Å².